The number of carbonyl (C=O) groups excluding carboxylic acids is 1. The lowest BCUT2D eigenvalue weighted by molar-refractivity contribution is -0.117. The molecule has 1 amide bonds. The summed E-state index contributed by atoms with van der Waals surface area (Å²) in [4.78, 5) is 19.7. The van der Waals surface area contributed by atoms with E-state index in [1.807, 2.05) is 47.4 Å². The summed E-state index contributed by atoms with van der Waals surface area (Å²) >= 11 is 0. The number of hydrogen-bond donors (Lipinski definition) is 0. The molecule has 0 saturated carbocycles. The molecule has 5 nitrogen and oxygen atoms in total. The molecule has 4 aromatic rings. The Bertz CT molecular complexity index is 1260. The fourth-order valence-electron chi connectivity index (χ4n) is 4.46. The fourth-order valence-corrected chi connectivity index (χ4v) is 4.46. The number of nitrogens with zero attached hydrogens (tertiary/aromatic N) is 3. The van der Waals surface area contributed by atoms with E-state index in [9.17, 15) is 4.79 Å². The van der Waals surface area contributed by atoms with Gasteiger partial charge in [-0.2, -0.15) is 0 Å². The third kappa shape index (κ3) is 3.98. The molecule has 5 heteroatoms. The number of aromatic nitrogens is 2. The summed E-state index contributed by atoms with van der Waals surface area (Å²) < 4.78 is 8.22. The topological polar surface area (TPSA) is 47.4 Å². The minimum absolute atomic E-state index is 0.0507. The number of rotatable bonds is 6. The molecule has 0 bridgehead atoms. The van der Waals surface area contributed by atoms with E-state index in [2.05, 4.69) is 48.7 Å². The van der Waals surface area contributed by atoms with Crippen molar-refractivity contribution in [1.29, 1.82) is 0 Å². The molecule has 1 aliphatic heterocycles. The summed E-state index contributed by atoms with van der Waals surface area (Å²) in [5, 5.41) is 0. The van der Waals surface area contributed by atoms with Gasteiger partial charge in [-0.15, -0.1) is 0 Å². The second-order valence-electron chi connectivity index (χ2n) is 8.52. The highest BCUT2D eigenvalue weighted by atomic mass is 16.5. The standard InChI is InChI=1S/C27H27N3O2/c1-19-10-12-23(13-11-19)32-15-14-29-25-9-4-3-8-24(25)28-27(29)21-17-26(31)30(18-21)22-7-5-6-20(2)16-22/h3-13,16,21H,14-15,17-18H2,1-2H3. The molecule has 1 aliphatic rings. The fraction of sp³-hybridized carbons (Fsp3) is 0.259. The highest BCUT2D eigenvalue weighted by Gasteiger charge is 2.34. The summed E-state index contributed by atoms with van der Waals surface area (Å²) in [5.74, 6) is 2.02. The third-order valence-electron chi connectivity index (χ3n) is 6.09. The first kappa shape index (κ1) is 20.3. The lowest BCUT2D eigenvalue weighted by Gasteiger charge is -2.18. The number of aryl methyl sites for hydroxylation is 2. The Labute approximate surface area is 188 Å². The predicted octanol–water partition coefficient (Wildman–Crippen LogP) is 5.25. The van der Waals surface area contributed by atoms with Gasteiger partial charge < -0.3 is 14.2 Å². The van der Waals surface area contributed by atoms with Crippen LogP contribution in [0.1, 0.15) is 29.3 Å². The summed E-state index contributed by atoms with van der Waals surface area (Å²) in [7, 11) is 0. The van der Waals surface area contributed by atoms with Gasteiger partial charge in [-0.25, -0.2) is 4.98 Å². The Morgan fingerprint density at radius 1 is 0.969 bits per heavy atom. The van der Waals surface area contributed by atoms with Gasteiger partial charge in [0.2, 0.25) is 5.91 Å². The van der Waals surface area contributed by atoms with E-state index in [1.54, 1.807) is 0 Å². The van der Waals surface area contributed by atoms with Crippen LogP contribution in [0.5, 0.6) is 5.75 Å². The van der Waals surface area contributed by atoms with Gasteiger partial charge in [0.05, 0.1) is 17.6 Å². The number of anilines is 1. The number of para-hydroxylation sites is 2. The van der Waals surface area contributed by atoms with Gasteiger partial charge in [-0.1, -0.05) is 42.0 Å². The summed E-state index contributed by atoms with van der Waals surface area (Å²) in [6.45, 7) is 5.98. The normalized spacial score (nSPS) is 16.1. The van der Waals surface area contributed by atoms with E-state index in [1.165, 1.54) is 5.56 Å². The van der Waals surface area contributed by atoms with Crippen molar-refractivity contribution in [3.63, 3.8) is 0 Å². The molecule has 0 spiro atoms. The Morgan fingerprint density at radius 3 is 2.59 bits per heavy atom. The molecule has 0 aliphatic carbocycles. The van der Waals surface area contributed by atoms with Crippen LogP contribution in [0.2, 0.25) is 0 Å². The lowest BCUT2D eigenvalue weighted by atomic mass is 10.1. The molecule has 3 aromatic carbocycles. The maximum absolute atomic E-state index is 12.9. The second-order valence-corrected chi connectivity index (χ2v) is 8.52. The maximum Gasteiger partial charge on any atom is 0.227 e. The monoisotopic (exact) mass is 425 g/mol. The first-order chi connectivity index (χ1) is 15.6. The van der Waals surface area contributed by atoms with Gasteiger partial charge in [-0.3, -0.25) is 4.79 Å². The maximum atomic E-state index is 12.9. The molecular formula is C27H27N3O2. The van der Waals surface area contributed by atoms with Crippen LogP contribution >= 0.6 is 0 Å². The van der Waals surface area contributed by atoms with Crippen LogP contribution in [-0.4, -0.2) is 28.6 Å². The molecule has 1 saturated heterocycles. The molecule has 2 heterocycles. The van der Waals surface area contributed by atoms with Crippen LogP contribution in [0, 0.1) is 13.8 Å². The average molecular weight is 426 g/mol. The molecule has 5 rings (SSSR count). The van der Waals surface area contributed by atoms with Crippen molar-refractivity contribution in [2.75, 3.05) is 18.1 Å². The molecular weight excluding hydrogens is 398 g/mol. The lowest BCUT2D eigenvalue weighted by Crippen LogP contribution is -2.24. The van der Waals surface area contributed by atoms with Crippen molar-refractivity contribution in [2.24, 2.45) is 0 Å². The molecule has 32 heavy (non-hydrogen) atoms. The molecule has 162 valence electrons. The van der Waals surface area contributed by atoms with E-state index < -0.39 is 0 Å². The molecule has 1 fully saturated rings. The Kier molecular flexibility index (Phi) is 5.39. The molecule has 0 radical (unpaired) electrons. The zero-order valence-corrected chi connectivity index (χ0v) is 18.5. The molecule has 1 unspecified atom stereocenters. The largest absolute Gasteiger partial charge is 0.492 e. The highest BCUT2D eigenvalue weighted by Crippen LogP contribution is 2.33. The average Bonchev–Trinajstić information content (AvgIpc) is 3.36. The summed E-state index contributed by atoms with van der Waals surface area (Å²) in [6, 6.07) is 24.4. The summed E-state index contributed by atoms with van der Waals surface area (Å²) in [6.07, 6.45) is 0.468. The zero-order chi connectivity index (χ0) is 22.1. The Morgan fingerprint density at radius 2 is 1.78 bits per heavy atom. The van der Waals surface area contributed by atoms with Crippen molar-refractivity contribution < 1.29 is 9.53 Å². The first-order valence-electron chi connectivity index (χ1n) is 11.1. The van der Waals surface area contributed by atoms with Gasteiger partial charge in [0.15, 0.2) is 0 Å². The van der Waals surface area contributed by atoms with Gasteiger partial charge in [0.1, 0.15) is 18.2 Å². The number of imidazole rings is 1. The second kappa shape index (κ2) is 8.50. The van der Waals surface area contributed by atoms with Crippen LogP contribution in [0.25, 0.3) is 11.0 Å². The SMILES string of the molecule is Cc1ccc(OCCn2c(C3CC(=O)N(c4cccc(C)c4)C3)nc3ccccc32)cc1. The Hall–Kier alpha value is -3.60. The number of ether oxygens (including phenoxy) is 1. The van der Waals surface area contributed by atoms with Gasteiger partial charge in [0, 0.05) is 24.6 Å². The molecule has 0 N–H and O–H groups in total. The van der Waals surface area contributed by atoms with E-state index in [0.717, 1.165) is 33.9 Å². The van der Waals surface area contributed by atoms with E-state index in [0.29, 0.717) is 26.1 Å². The number of hydrogen-bond acceptors (Lipinski definition) is 3. The van der Waals surface area contributed by atoms with Crippen LogP contribution in [0.15, 0.2) is 72.8 Å². The van der Waals surface area contributed by atoms with Crippen molar-refractivity contribution in [3.8, 4) is 5.75 Å². The van der Waals surface area contributed by atoms with Crippen LogP contribution in [-0.2, 0) is 11.3 Å². The minimum atomic E-state index is 0.0507. The van der Waals surface area contributed by atoms with Crippen molar-refractivity contribution >= 4 is 22.6 Å². The number of amides is 1. The predicted molar refractivity (Wildman–Crippen MR) is 127 cm³/mol. The van der Waals surface area contributed by atoms with E-state index in [4.69, 9.17) is 9.72 Å². The van der Waals surface area contributed by atoms with Crippen molar-refractivity contribution in [3.05, 3.63) is 89.7 Å². The van der Waals surface area contributed by atoms with Crippen LogP contribution in [0.3, 0.4) is 0 Å². The quantitative estimate of drug-likeness (QED) is 0.424. The van der Waals surface area contributed by atoms with E-state index >= 15 is 0 Å². The third-order valence-corrected chi connectivity index (χ3v) is 6.09. The number of benzene rings is 3. The van der Waals surface area contributed by atoms with Gasteiger partial charge in [0.25, 0.3) is 0 Å². The first-order valence-corrected chi connectivity index (χ1v) is 11.1. The van der Waals surface area contributed by atoms with Crippen molar-refractivity contribution in [2.45, 2.75) is 32.7 Å². The number of fused-ring (bicyclic) bond motifs is 1. The smallest absolute Gasteiger partial charge is 0.227 e. The number of carbonyl (C=O) groups is 1. The van der Waals surface area contributed by atoms with Gasteiger partial charge >= 0.3 is 0 Å². The van der Waals surface area contributed by atoms with Crippen LogP contribution in [0.4, 0.5) is 5.69 Å². The van der Waals surface area contributed by atoms with Crippen LogP contribution < -0.4 is 9.64 Å². The summed E-state index contributed by atoms with van der Waals surface area (Å²) in [5.41, 5.74) is 5.36. The van der Waals surface area contributed by atoms with Gasteiger partial charge in [-0.05, 0) is 55.8 Å². The Balaban J connectivity index is 1.40. The minimum Gasteiger partial charge on any atom is -0.492 e. The highest BCUT2D eigenvalue weighted by molar-refractivity contribution is 5.96. The molecule has 1 atom stereocenters. The van der Waals surface area contributed by atoms with Crippen molar-refractivity contribution in [1.82, 2.24) is 9.55 Å². The molecule has 1 aromatic heterocycles. The van der Waals surface area contributed by atoms with E-state index in [-0.39, 0.29) is 11.8 Å². The zero-order valence-electron chi connectivity index (χ0n) is 18.5.